The van der Waals surface area contributed by atoms with E-state index in [2.05, 4.69) is 0 Å². The highest BCUT2D eigenvalue weighted by Gasteiger charge is 2.39. The highest BCUT2D eigenvalue weighted by atomic mass is 19.4. The molecule has 0 aromatic carbocycles. The van der Waals surface area contributed by atoms with Gasteiger partial charge in [-0.2, -0.15) is 27.1 Å². The summed E-state index contributed by atoms with van der Waals surface area (Å²) >= 11 is 0. The van der Waals surface area contributed by atoms with Gasteiger partial charge in [0.25, 0.3) is 0 Å². The monoisotopic (exact) mass is 263 g/mol. The fourth-order valence-corrected chi connectivity index (χ4v) is 1.60. The van der Waals surface area contributed by atoms with Crippen molar-refractivity contribution in [1.82, 2.24) is 14.9 Å². The van der Waals surface area contributed by atoms with Crippen molar-refractivity contribution in [3.63, 3.8) is 0 Å². The van der Waals surface area contributed by atoms with Crippen LogP contribution in [0.3, 0.4) is 0 Å². The molecule has 0 unspecified atom stereocenters. The Labute approximate surface area is 93.8 Å². The molecule has 1 saturated heterocycles. The second-order valence-electron chi connectivity index (χ2n) is 3.50. The minimum atomic E-state index is -4.48. The average Bonchev–Trinajstić information content (AvgIpc) is 2.15. The maximum Gasteiger partial charge on any atom is 0.460 e. The van der Waals surface area contributed by atoms with Gasteiger partial charge in [-0.3, -0.25) is 0 Å². The second kappa shape index (κ2) is 5.03. The predicted octanol–water partition coefficient (Wildman–Crippen LogP) is 2.01. The quantitative estimate of drug-likeness (QED) is 0.428. The van der Waals surface area contributed by atoms with Crippen LogP contribution in [0.2, 0.25) is 0 Å². The molecule has 1 aliphatic heterocycles. The number of hydrogen-bond acceptors (Lipinski definition) is 3. The first-order chi connectivity index (χ1) is 7.73. The molecule has 0 saturated carbocycles. The lowest BCUT2D eigenvalue weighted by Crippen LogP contribution is -2.52. The number of halogens is 6. The Kier molecular flexibility index (Phi) is 4.12. The third-order valence-electron chi connectivity index (χ3n) is 2.40. The molecule has 1 aliphatic rings. The summed E-state index contributed by atoms with van der Waals surface area (Å²) < 4.78 is 74.3. The van der Waals surface area contributed by atoms with Crippen LogP contribution >= 0.6 is 0 Å². The molecule has 0 aromatic heterocycles. The summed E-state index contributed by atoms with van der Waals surface area (Å²) in [5, 5.41) is -0.293. The van der Waals surface area contributed by atoms with Gasteiger partial charge in [0.1, 0.15) is 0 Å². The maximum absolute atomic E-state index is 12.8. The van der Waals surface area contributed by atoms with Crippen LogP contribution in [0, 0.1) is 0 Å². The summed E-state index contributed by atoms with van der Waals surface area (Å²) in [6.45, 7) is -1.54. The molecule has 3 nitrogen and oxygen atoms in total. The van der Waals surface area contributed by atoms with Crippen LogP contribution in [0.5, 0.6) is 0 Å². The van der Waals surface area contributed by atoms with E-state index in [1.165, 1.54) is 0 Å². The SMILES string of the molecule is CN(F)C(=C(F)F)N1CCN(C(F)(F)F)CC1. The van der Waals surface area contributed by atoms with E-state index < -0.39 is 31.3 Å². The molecule has 0 radical (unpaired) electrons. The smallest absolute Gasteiger partial charge is 0.349 e. The van der Waals surface area contributed by atoms with Crippen LogP contribution in [0.1, 0.15) is 0 Å². The lowest BCUT2D eigenvalue weighted by atomic mass is 10.3. The van der Waals surface area contributed by atoms with Crippen molar-refractivity contribution in [2.45, 2.75) is 6.30 Å². The molecule has 0 bridgehead atoms. The van der Waals surface area contributed by atoms with Gasteiger partial charge in [0.2, 0.25) is 0 Å². The van der Waals surface area contributed by atoms with Gasteiger partial charge in [-0.15, -0.1) is 0 Å². The molecular weight excluding hydrogens is 252 g/mol. The molecule has 0 atom stereocenters. The summed E-state index contributed by atoms with van der Waals surface area (Å²) in [6, 6.07) is 0. The van der Waals surface area contributed by atoms with E-state index in [0.717, 1.165) is 11.9 Å². The minimum absolute atomic E-state index is 0.204. The Morgan fingerprint density at radius 3 is 1.82 bits per heavy atom. The van der Waals surface area contributed by atoms with Crippen LogP contribution in [-0.2, 0) is 0 Å². The lowest BCUT2D eigenvalue weighted by Gasteiger charge is -2.37. The van der Waals surface area contributed by atoms with Crippen molar-refractivity contribution < 1.29 is 26.4 Å². The molecule has 9 heteroatoms. The number of rotatable bonds is 2. The first-order valence-electron chi connectivity index (χ1n) is 4.75. The van der Waals surface area contributed by atoms with E-state index in [1.807, 2.05) is 0 Å². The summed E-state index contributed by atoms with van der Waals surface area (Å²) in [5.74, 6) is -0.980. The van der Waals surface area contributed by atoms with E-state index in [1.54, 1.807) is 0 Å². The summed E-state index contributed by atoms with van der Waals surface area (Å²) in [7, 11) is 0.768. The fourth-order valence-electron chi connectivity index (χ4n) is 1.60. The molecule has 17 heavy (non-hydrogen) atoms. The first-order valence-corrected chi connectivity index (χ1v) is 4.75. The first kappa shape index (κ1) is 13.9. The van der Waals surface area contributed by atoms with Gasteiger partial charge < -0.3 is 4.90 Å². The van der Waals surface area contributed by atoms with E-state index in [0.29, 0.717) is 0 Å². The molecule has 0 spiro atoms. The van der Waals surface area contributed by atoms with Gasteiger partial charge in [0.15, 0.2) is 5.82 Å². The van der Waals surface area contributed by atoms with E-state index in [4.69, 9.17) is 0 Å². The zero-order valence-corrected chi connectivity index (χ0v) is 8.94. The van der Waals surface area contributed by atoms with Crippen LogP contribution in [0.4, 0.5) is 26.4 Å². The maximum atomic E-state index is 12.8. The van der Waals surface area contributed by atoms with Gasteiger partial charge in [0, 0.05) is 33.2 Å². The largest absolute Gasteiger partial charge is 0.460 e. The Morgan fingerprint density at radius 1 is 1.06 bits per heavy atom. The lowest BCUT2D eigenvalue weighted by molar-refractivity contribution is -0.252. The fraction of sp³-hybridized carbons (Fsp3) is 0.750. The minimum Gasteiger partial charge on any atom is -0.349 e. The molecule has 1 rings (SSSR count). The number of nitrogens with zero attached hydrogens (tertiary/aromatic N) is 3. The topological polar surface area (TPSA) is 9.72 Å². The van der Waals surface area contributed by atoms with Crippen LogP contribution < -0.4 is 0 Å². The van der Waals surface area contributed by atoms with Gasteiger partial charge in [-0.05, 0) is 0 Å². The van der Waals surface area contributed by atoms with Crippen molar-refractivity contribution >= 4 is 0 Å². The molecule has 0 amide bonds. The predicted molar refractivity (Wildman–Crippen MR) is 47.3 cm³/mol. The number of hydrogen-bond donors (Lipinski definition) is 0. The second-order valence-corrected chi connectivity index (χ2v) is 3.50. The Bertz CT molecular complexity index is 288. The molecule has 0 N–H and O–H groups in total. The van der Waals surface area contributed by atoms with Crippen molar-refractivity contribution in [1.29, 1.82) is 0 Å². The molecular formula is C8H11F6N3. The van der Waals surface area contributed by atoms with Gasteiger partial charge >= 0.3 is 12.4 Å². The Morgan fingerprint density at radius 2 is 1.53 bits per heavy atom. The summed E-state index contributed by atoms with van der Waals surface area (Å²) in [5.41, 5.74) is 0. The number of piperazine rings is 1. The van der Waals surface area contributed by atoms with Gasteiger partial charge in [-0.1, -0.05) is 4.48 Å². The highest BCUT2D eigenvalue weighted by molar-refractivity contribution is 4.99. The molecule has 100 valence electrons. The van der Waals surface area contributed by atoms with E-state index >= 15 is 0 Å². The number of alkyl halides is 3. The Balaban J connectivity index is 2.66. The van der Waals surface area contributed by atoms with E-state index in [9.17, 15) is 26.4 Å². The zero-order valence-electron chi connectivity index (χ0n) is 8.94. The summed E-state index contributed by atoms with van der Waals surface area (Å²) in [4.78, 5) is 1.09. The van der Waals surface area contributed by atoms with Gasteiger partial charge in [0.05, 0.1) is 0 Å². The summed E-state index contributed by atoms with van der Waals surface area (Å²) in [6.07, 6.45) is -6.73. The molecule has 0 aromatic rings. The van der Waals surface area contributed by atoms with Crippen LogP contribution in [0.25, 0.3) is 0 Å². The van der Waals surface area contributed by atoms with E-state index in [-0.39, 0.29) is 23.1 Å². The third-order valence-corrected chi connectivity index (χ3v) is 2.40. The third kappa shape index (κ3) is 3.42. The average molecular weight is 263 g/mol. The normalized spacial score (nSPS) is 18.2. The zero-order chi connectivity index (χ0) is 13.2. The van der Waals surface area contributed by atoms with Crippen LogP contribution in [0.15, 0.2) is 11.9 Å². The van der Waals surface area contributed by atoms with Crippen molar-refractivity contribution in [2.24, 2.45) is 0 Å². The molecule has 0 aliphatic carbocycles. The molecule has 1 heterocycles. The van der Waals surface area contributed by atoms with Crippen LogP contribution in [-0.4, -0.2) is 54.4 Å². The van der Waals surface area contributed by atoms with Crippen molar-refractivity contribution in [2.75, 3.05) is 33.2 Å². The van der Waals surface area contributed by atoms with Crippen molar-refractivity contribution in [3.8, 4) is 0 Å². The van der Waals surface area contributed by atoms with Gasteiger partial charge in [-0.25, -0.2) is 4.90 Å². The Hall–Kier alpha value is -1.12. The highest BCUT2D eigenvalue weighted by Crippen LogP contribution is 2.25. The molecule has 1 fully saturated rings. The van der Waals surface area contributed by atoms with Crippen molar-refractivity contribution in [3.05, 3.63) is 11.9 Å². The standard InChI is InChI=1S/C8H11F6N3/c1-15(14)7(6(9)10)16-2-4-17(5-3-16)8(11,12)13/h2-5H2,1H3.